The summed E-state index contributed by atoms with van der Waals surface area (Å²) in [4.78, 5) is 29.3. The summed E-state index contributed by atoms with van der Waals surface area (Å²) >= 11 is 0. The van der Waals surface area contributed by atoms with Gasteiger partial charge >= 0.3 is 0 Å². The number of hydrogen-bond donors (Lipinski definition) is 1. The second-order valence-corrected chi connectivity index (χ2v) is 9.63. The van der Waals surface area contributed by atoms with Gasteiger partial charge in [-0.2, -0.15) is 0 Å². The van der Waals surface area contributed by atoms with Crippen LogP contribution >= 0.6 is 0 Å². The fourth-order valence-corrected chi connectivity index (χ4v) is 5.26. The molecule has 2 aliphatic rings. The highest BCUT2D eigenvalue weighted by molar-refractivity contribution is 6.13. The van der Waals surface area contributed by atoms with Crippen LogP contribution in [0.4, 0.5) is 5.69 Å². The first kappa shape index (κ1) is 20.9. The minimum absolute atomic E-state index is 0.0916. The molecule has 1 fully saturated rings. The van der Waals surface area contributed by atoms with Gasteiger partial charge in [0.2, 0.25) is 5.91 Å². The van der Waals surface area contributed by atoms with Crippen LogP contribution in [-0.2, 0) is 11.3 Å². The quantitative estimate of drug-likeness (QED) is 0.584. The van der Waals surface area contributed by atoms with Crippen LogP contribution < -0.4 is 10.2 Å². The number of aryl methyl sites for hydroxylation is 2. The zero-order valence-corrected chi connectivity index (χ0v) is 19.1. The molecule has 1 aliphatic carbocycles. The van der Waals surface area contributed by atoms with Crippen LogP contribution in [0, 0.1) is 13.8 Å². The maximum absolute atomic E-state index is 13.8. The predicted octanol–water partition coefficient (Wildman–Crippen LogP) is 5.11. The molecule has 32 heavy (non-hydrogen) atoms. The summed E-state index contributed by atoms with van der Waals surface area (Å²) in [5.74, 6) is 0.525. The van der Waals surface area contributed by atoms with Gasteiger partial charge < -0.3 is 14.3 Å². The Kier molecular flexibility index (Phi) is 5.11. The second kappa shape index (κ2) is 7.84. The molecule has 1 aromatic carbocycles. The lowest BCUT2D eigenvalue weighted by Crippen LogP contribution is -2.65. The first-order valence-electron chi connectivity index (χ1n) is 11.7. The molecule has 6 nitrogen and oxygen atoms in total. The molecule has 168 valence electrons. The fourth-order valence-electron chi connectivity index (χ4n) is 5.26. The zero-order chi connectivity index (χ0) is 22.5. The Labute approximate surface area is 188 Å². The first-order chi connectivity index (χ1) is 15.4. The van der Waals surface area contributed by atoms with Crippen molar-refractivity contribution >= 4 is 28.6 Å². The first-order valence-corrected chi connectivity index (χ1v) is 11.7. The number of amides is 2. The van der Waals surface area contributed by atoms with Crippen molar-refractivity contribution in [3.63, 3.8) is 0 Å². The van der Waals surface area contributed by atoms with E-state index in [1.807, 2.05) is 55.7 Å². The third kappa shape index (κ3) is 3.42. The maximum atomic E-state index is 13.8. The average Bonchev–Trinajstić information content (AvgIpc) is 3.15. The molecule has 0 saturated heterocycles. The van der Waals surface area contributed by atoms with Crippen molar-refractivity contribution in [1.82, 2.24) is 9.88 Å². The number of rotatable bonds is 3. The van der Waals surface area contributed by atoms with Crippen LogP contribution in [0.2, 0.25) is 0 Å². The van der Waals surface area contributed by atoms with E-state index in [0.717, 1.165) is 48.2 Å². The van der Waals surface area contributed by atoms with Crippen molar-refractivity contribution in [2.75, 3.05) is 4.90 Å². The van der Waals surface area contributed by atoms with Gasteiger partial charge in [-0.3, -0.25) is 14.5 Å². The topological polar surface area (TPSA) is 67.5 Å². The van der Waals surface area contributed by atoms with Crippen molar-refractivity contribution in [2.45, 2.75) is 77.4 Å². The summed E-state index contributed by atoms with van der Waals surface area (Å²) < 4.78 is 7.75. The van der Waals surface area contributed by atoms with Crippen LogP contribution in [0.3, 0.4) is 0 Å². The number of anilines is 1. The maximum Gasteiger partial charge on any atom is 0.276 e. The Morgan fingerprint density at radius 1 is 1.06 bits per heavy atom. The number of nitrogens with zero attached hydrogens (tertiary/aromatic N) is 2. The second-order valence-electron chi connectivity index (χ2n) is 9.63. The van der Waals surface area contributed by atoms with Crippen molar-refractivity contribution in [3.8, 4) is 0 Å². The number of hydrogen-bond acceptors (Lipinski definition) is 3. The van der Waals surface area contributed by atoms with Gasteiger partial charge in [-0.15, -0.1) is 0 Å². The van der Waals surface area contributed by atoms with E-state index in [9.17, 15) is 9.59 Å². The smallest absolute Gasteiger partial charge is 0.276 e. The summed E-state index contributed by atoms with van der Waals surface area (Å²) in [5, 5.41) is 3.31. The Hall–Kier alpha value is -3.02. The number of nitrogens with one attached hydrogen (secondary N) is 1. The minimum atomic E-state index is -1.05. The summed E-state index contributed by atoms with van der Waals surface area (Å²) in [7, 11) is 0. The van der Waals surface area contributed by atoms with E-state index in [1.54, 1.807) is 11.0 Å². The molecule has 2 aromatic heterocycles. The Morgan fingerprint density at radius 3 is 2.44 bits per heavy atom. The van der Waals surface area contributed by atoms with Gasteiger partial charge in [0.25, 0.3) is 5.91 Å². The third-order valence-electron chi connectivity index (χ3n) is 7.07. The van der Waals surface area contributed by atoms with Crippen LogP contribution in [0.15, 0.2) is 40.8 Å². The summed E-state index contributed by atoms with van der Waals surface area (Å²) in [6.45, 7) is 6.18. The molecule has 1 aliphatic heterocycles. The van der Waals surface area contributed by atoms with Gasteiger partial charge in [-0.1, -0.05) is 43.4 Å². The van der Waals surface area contributed by atoms with Gasteiger partial charge in [-0.25, -0.2) is 0 Å². The van der Waals surface area contributed by atoms with Crippen molar-refractivity contribution in [3.05, 3.63) is 53.4 Å². The van der Waals surface area contributed by atoms with Gasteiger partial charge in [0.05, 0.1) is 12.1 Å². The van der Waals surface area contributed by atoms with Crippen molar-refractivity contribution < 1.29 is 14.0 Å². The van der Waals surface area contributed by atoms with Gasteiger partial charge in [0.15, 0.2) is 5.58 Å². The molecule has 1 saturated carbocycles. The Bertz CT molecular complexity index is 1170. The molecule has 6 heteroatoms. The molecule has 2 amide bonds. The molecule has 5 rings (SSSR count). The van der Waals surface area contributed by atoms with E-state index in [0.29, 0.717) is 17.8 Å². The number of furan rings is 1. The fraction of sp³-hybridized carbons (Fsp3) is 0.462. The molecular weight excluding hydrogens is 402 g/mol. The minimum Gasteiger partial charge on any atom is -0.460 e. The highest BCUT2D eigenvalue weighted by Gasteiger charge is 2.49. The van der Waals surface area contributed by atoms with E-state index in [-0.39, 0.29) is 17.9 Å². The molecule has 0 bridgehead atoms. The lowest BCUT2D eigenvalue weighted by molar-refractivity contribution is -0.127. The molecule has 1 N–H and O–H groups in total. The molecule has 0 unspecified atom stereocenters. The number of benzene rings is 1. The largest absolute Gasteiger partial charge is 0.460 e. The van der Waals surface area contributed by atoms with Gasteiger partial charge in [0, 0.05) is 23.9 Å². The summed E-state index contributed by atoms with van der Waals surface area (Å²) in [6, 6.07) is 11.7. The molecular formula is C26H31N3O3. The standard InChI is InChI=1S/C26H31N3O3/c1-17-10-12-20(13-11-17)29-24(30)22-15-23-21(14-18(2)32-23)28(22)16-26(29,3)25(31)27-19-8-6-4-5-7-9-19/h10-15,19H,4-9,16H2,1-3H3,(H,27,31)/t26-/m0/s1. The van der Waals surface area contributed by atoms with Crippen LogP contribution in [0.1, 0.15) is 67.3 Å². The third-order valence-corrected chi connectivity index (χ3v) is 7.07. The highest BCUT2D eigenvalue weighted by Crippen LogP contribution is 2.37. The van der Waals surface area contributed by atoms with Crippen molar-refractivity contribution in [2.24, 2.45) is 0 Å². The van der Waals surface area contributed by atoms with E-state index < -0.39 is 5.54 Å². The summed E-state index contributed by atoms with van der Waals surface area (Å²) in [5.41, 5.74) is 2.90. The number of aromatic nitrogens is 1. The van der Waals surface area contributed by atoms with E-state index in [2.05, 4.69) is 5.32 Å². The van der Waals surface area contributed by atoms with Gasteiger partial charge in [-0.05, 0) is 45.7 Å². The Morgan fingerprint density at radius 2 is 1.75 bits per heavy atom. The monoisotopic (exact) mass is 433 g/mol. The lowest BCUT2D eigenvalue weighted by atomic mass is 9.92. The molecule has 3 aromatic rings. The lowest BCUT2D eigenvalue weighted by Gasteiger charge is -2.44. The SMILES string of the molecule is Cc1ccc(N2C(=O)c3cc4oc(C)cc4n3C[C@@]2(C)C(=O)NC2CCCCCC2)cc1. The normalized spacial score (nSPS) is 22.1. The zero-order valence-electron chi connectivity index (χ0n) is 19.1. The number of carbonyl (C=O) groups is 2. The molecule has 0 radical (unpaired) electrons. The number of fused-ring (bicyclic) bond motifs is 3. The van der Waals surface area contributed by atoms with Gasteiger partial charge in [0.1, 0.15) is 17.0 Å². The number of carbonyl (C=O) groups excluding carboxylic acids is 2. The molecule has 0 spiro atoms. The van der Waals surface area contributed by atoms with Crippen LogP contribution in [0.5, 0.6) is 0 Å². The molecule has 3 heterocycles. The van der Waals surface area contributed by atoms with E-state index in [1.165, 1.54) is 12.8 Å². The highest BCUT2D eigenvalue weighted by atomic mass is 16.3. The van der Waals surface area contributed by atoms with Crippen LogP contribution in [-0.4, -0.2) is 28.0 Å². The van der Waals surface area contributed by atoms with Crippen LogP contribution in [0.25, 0.3) is 11.1 Å². The summed E-state index contributed by atoms with van der Waals surface area (Å²) in [6.07, 6.45) is 6.72. The van der Waals surface area contributed by atoms with E-state index >= 15 is 0 Å². The predicted molar refractivity (Wildman–Crippen MR) is 125 cm³/mol. The molecule has 1 atom stereocenters. The Balaban J connectivity index is 1.58. The average molecular weight is 434 g/mol. The van der Waals surface area contributed by atoms with Crippen molar-refractivity contribution in [1.29, 1.82) is 0 Å². The van der Waals surface area contributed by atoms with E-state index in [4.69, 9.17) is 4.42 Å².